The monoisotopic (exact) mass is 374 g/mol. The van der Waals surface area contributed by atoms with Crippen LogP contribution in [0.25, 0.3) is 22.0 Å². The summed E-state index contributed by atoms with van der Waals surface area (Å²) in [7, 11) is 0. The van der Waals surface area contributed by atoms with Crippen LogP contribution in [0.2, 0.25) is 0 Å². The van der Waals surface area contributed by atoms with Crippen LogP contribution >= 0.6 is 0 Å². The van der Waals surface area contributed by atoms with E-state index in [9.17, 15) is 5.26 Å². The van der Waals surface area contributed by atoms with Crippen molar-refractivity contribution in [1.82, 2.24) is 10.3 Å². The molecule has 1 aromatic heterocycles. The normalized spacial score (nSPS) is 10.4. The van der Waals surface area contributed by atoms with E-state index in [0.717, 1.165) is 33.2 Å². The number of para-hydroxylation sites is 1. The van der Waals surface area contributed by atoms with Crippen molar-refractivity contribution in [3.8, 4) is 23.3 Å². The van der Waals surface area contributed by atoms with Crippen molar-refractivity contribution >= 4 is 10.9 Å². The molecule has 0 aliphatic heterocycles. The highest BCUT2D eigenvalue weighted by Gasteiger charge is 2.10. The fourth-order valence-electron chi connectivity index (χ4n) is 3.39. The maximum atomic E-state index is 9.60. The molecule has 0 aliphatic rings. The van der Waals surface area contributed by atoms with Gasteiger partial charge in [-0.1, -0.05) is 42.5 Å². The van der Waals surface area contributed by atoms with Crippen molar-refractivity contribution in [2.24, 2.45) is 0 Å². The number of pyridine rings is 1. The Balaban J connectivity index is 1.58. The summed E-state index contributed by atoms with van der Waals surface area (Å²) < 4.78 is 0. The van der Waals surface area contributed by atoms with Gasteiger partial charge in [-0.2, -0.15) is 10.5 Å². The van der Waals surface area contributed by atoms with Crippen LogP contribution in [-0.2, 0) is 13.1 Å². The summed E-state index contributed by atoms with van der Waals surface area (Å²) in [5, 5.41) is 23.0. The van der Waals surface area contributed by atoms with Gasteiger partial charge in [-0.15, -0.1) is 0 Å². The van der Waals surface area contributed by atoms with E-state index < -0.39 is 0 Å². The minimum absolute atomic E-state index is 0.638. The molecule has 1 N–H and O–H groups in total. The van der Waals surface area contributed by atoms with Gasteiger partial charge in [0.05, 0.1) is 28.8 Å². The van der Waals surface area contributed by atoms with Gasteiger partial charge >= 0.3 is 0 Å². The van der Waals surface area contributed by atoms with Gasteiger partial charge < -0.3 is 5.32 Å². The highest BCUT2D eigenvalue weighted by Crippen LogP contribution is 2.30. The molecule has 0 unspecified atom stereocenters. The predicted octanol–water partition coefficient (Wildman–Crippen LogP) is 4.93. The minimum atomic E-state index is 0.638. The molecule has 0 radical (unpaired) electrons. The predicted molar refractivity (Wildman–Crippen MR) is 114 cm³/mol. The molecule has 0 aliphatic carbocycles. The Morgan fingerprint density at radius 2 is 1.52 bits per heavy atom. The second-order valence-electron chi connectivity index (χ2n) is 6.78. The van der Waals surface area contributed by atoms with Gasteiger partial charge in [-0.3, -0.25) is 4.98 Å². The molecule has 1 heterocycles. The van der Waals surface area contributed by atoms with Crippen molar-refractivity contribution in [3.05, 3.63) is 101 Å². The van der Waals surface area contributed by atoms with E-state index in [1.54, 1.807) is 6.20 Å². The lowest BCUT2D eigenvalue weighted by atomic mass is 9.95. The van der Waals surface area contributed by atoms with E-state index in [0.29, 0.717) is 24.2 Å². The zero-order chi connectivity index (χ0) is 20.1. The molecular formula is C25H18N4. The average molecular weight is 374 g/mol. The van der Waals surface area contributed by atoms with Crippen LogP contribution in [0.5, 0.6) is 0 Å². The highest BCUT2D eigenvalue weighted by molar-refractivity contribution is 5.94. The molecule has 4 aromatic rings. The standard InChI is InChI=1S/C25H18N4/c26-14-18-6-8-19(9-7-18)16-28-17-20-10-11-22(15-27)24(13-20)23-5-1-3-21-4-2-12-29-25(21)23/h1-13,28H,16-17H2. The van der Waals surface area contributed by atoms with E-state index in [4.69, 9.17) is 5.26 Å². The zero-order valence-corrected chi connectivity index (χ0v) is 15.8. The first-order valence-electron chi connectivity index (χ1n) is 9.35. The minimum Gasteiger partial charge on any atom is -0.309 e. The third-order valence-electron chi connectivity index (χ3n) is 4.87. The fraction of sp³-hybridized carbons (Fsp3) is 0.0800. The molecule has 0 amide bonds. The van der Waals surface area contributed by atoms with E-state index in [1.165, 1.54) is 0 Å². The number of nitrogens with zero attached hydrogens (tertiary/aromatic N) is 3. The molecule has 0 fully saturated rings. The number of hydrogen-bond donors (Lipinski definition) is 1. The van der Waals surface area contributed by atoms with Gasteiger partial charge in [0.1, 0.15) is 0 Å². The van der Waals surface area contributed by atoms with Crippen molar-refractivity contribution in [3.63, 3.8) is 0 Å². The fourth-order valence-corrected chi connectivity index (χ4v) is 3.39. The summed E-state index contributed by atoms with van der Waals surface area (Å²) in [6.45, 7) is 1.38. The number of fused-ring (bicyclic) bond motifs is 1. The average Bonchev–Trinajstić information content (AvgIpc) is 2.79. The first-order valence-corrected chi connectivity index (χ1v) is 9.35. The Labute approximate surface area is 169 Å². The van der Waals surface area contributed by atoms with Crippen LogP contribution in [0.1, 0.15) is 22.3 Å². The van der Waals surface area contributed by atoms with Crippen LogP contribution in [0.15, 0.2) is 79.0 Å². The Hall–Kier alpha value is -3.99. The number of aromatic nitrogens is 1. The van der Waals surface area contributed by atoms with Crippen molar-refractivity contribution in [2.45, 2.75) is 13.1 Å². The van der Waals surface area contributed by atoms with E-state index in [1.807, 2.05) is 66.7 Å². The van der Waals surface area contributed by atoms with E-state index >= 15 is 0 Å². The summed E-state index contributed by atoms with van der Waals surface area (Å²) in [4.78, 5) is 4.53. The summed E-state index contributed by atoms with van der Waals surface area (Å²) in [5.74, 6) is 0. The molecule has 138 valence electrons. The van der Waals surface area contributed by atoms with Crippen molar-refractivity contribution in [2.75, 3.05) is 0 Å². The lowest BCUT2D eigenvalue weighted by Crippen LogP contribution is -2.12. The van der Waals surface area contributed by atoms with Gasteiger partial charge in [0.2, 0.25) is 0 Å². The number of rotatable bonds is 5. The topological polar surface area (TPSA) is 72.5 Å². The molecule has 29 heavy (non-hydrogen) atoms. The summed E-state index contributed by atoms with van der Waals surface area (Å²) >= 11 is 0. The Morgan fingerprint density at radius 1 is 0.759 bits per heavy atom. The lowest BCUT2D eigenvalue weighted by molar-refractivity contribution is 0.693. The van der Waals surface area contributed by atoms with Crippen LogP contribution in [0.3, 0.4) is 0 Å². The second kappa shape index (κ2) is 8.35. The zero-order valence-electron chi connectivity index (χ0n) is 15.8. The smallest absolute Gasteiger partial charge is 0.0998 e. The summed E-state index contributed by atoms with van der Waals surface area (Å²) in [6, 6.07) is 27.9. The third-order valence-corrected chi connectivity index (χ3v) is 4.87. The molecule has 4 nitrogen and oxygen atoms in total. The molecule has 3 aromatic carbocycles. The second-order valence-corrected chi connectivity index (χ2v) is 6.78. The molecule has 4 heteroatoms. The quantitative estimate of drug-likeness (QED) is 0.537. The molecule has 0 atom stereocenters. The first-order chi connectivity index (χ1) is 14.3. The molecule has 0 saturated carbocycles. The van der Waals surface area contributed by atoms with Crippen LogP contribution in [0.4, 0.5) is 0 Å². The van der Waals surface area contributed by atoms with Crippen LogP contribution in [0, 0.1) is 22.7 Å². The van der Waals surface area contributed by atoms with Gasteiger partial charge in [0, 0.05) is 35.8 Å². The van der Waals surface area contributed by atoms with Crippen LogP contribution in [-0.4, -0.2) is 4.98 Å². The Kier molecular flexibility index (Phi) is 5.29. The maximum absolute atomic E-state index is 9.60. The van der Waals surface area contributed by atoms with Gasteiger partial charge in [0.15, 0.2) is 0 Å². The molecular weight excluding hydrogens is 356 g/mol. The SMILES string of the molecule is N#Cc1ccc(CNCc2ccc(C#N)c(-c3cccc4cccnc34)c2)cc1. The van der Waals surface area contributed by atoms with Gasteiger partial charge in [-0.25, -0.2) is 0 Å². The number of benzene rings is 3. The number of nitriles is 2. The summed E-state index contributed by atoms with van der Waals surface area (Å²) in [6.07, 6.45) is 1.78. The van der Waals surface area contributed by atoms with Crippen molar-refractivity contribution in [1.29, 1.82) is 10.5 Å². The molecule has 0 bridgehead atoms. The Bertz CT molecular complexity index is 1240. The highest BCUT2D eigenvalue weighted by atomic mass is 14.8. The largest absolute Gasteiger partial charge is 0.309 e. The van der Waals surface area contributed by atoms with E-state index in [2.05, 4.69) is 28.5 Å². The third kappa shape index (κ3) is 3.99. The molecule has 0 saturated heterocycles. The molecule has 4 rings (SSSR count). The molecule has 0 spiro atoms. The Morgan fingerprint density at radius 3 is 2.31 bits per heavy atom. The first kappa shape index (κ1) is 18.4. The van der Waals surface area contributed by atoms with Gasteiger partial charge in [-0.05, 0) is 41.5 Å². The van der Waals surface area contributed by atoms with Gasteiger partial charge in [0.25, 0.3) is 0 Å². The van der Waals surface area contributed by atoms with Crippen LogP contribution < -0.4 is 5.32 Å². The maximum Gasteiger partial charge on any atom is 0.0998 e. The lowest BCUT2D eigenvalue weighted by Gasteiger charge is -2.11. The van der Waals surface area contributed by atoms with E-state index in [-0.39, 0.29) is 0 Å². The number of nitrogens with one attached hydrogen (secondary N) is 1. The number of hydrogen-bond acceptors (Lipinski definition) is 4. The summed E-state index contributed by atoms with van der Waals surface area (Å²) in [5.41, 5.74) is 6.28. The van der Waals surface area contributed by atoms with Crippen molar-refractivity contribution < 1.29 is 0 Å².